The molecule has 1 aliphatic heterocycles. The molecule has 1 aromatic carbocycles. The van der Waals surface area contributed by atoms with Gasteiger partial charge in [0.1, 0.15) is 5.82 Å². The molecule has 0 bridgehead atoms. The summed E-state index contributed by atoms with van der Waals surface area (Å²) in [5.74, 6) is -0.291. The van der Waals surface area contributed by atoms with Crippen molar-refractivity contribution < 1.29 is 14.4 Å². The van der Waals surface area contributed by atoms with Crippen molar-refractivity contribution in [3.8, 4) is 0 Å². The Kier molecular flexibility index (Phi) is 3.13. The van der Waals surface area contributed by atoms with Gasteiger partial charge < -0.3 is 0 Å². The summed E-state index contributed by atoms with van der Waals surface area (Å²) in [6, 6.07) is 6.68. The standard InChI is InChI=1S/C15H13N3O3/c1-10-16-7-9-17(10)13(19)6-8-18-14(20)11-4-2-3-5-12(11)15(18)21/h2-5,7,9H,6,8H2,1H3. The maximum absolute atomic E-state index is 12.1. The molecule has 2 heterocycles. The second-order valence-corrected chi connectivity index (χ2v) is 4.80. The number of carbonyl (C=O) groups excluding carboxylic acids is 3. The Morgan fingerprint density at radius 3 is 2.29 bits per heavy atom. The third kappa shape index (κ3) is 2.14. The Bertz CT molecular complexity index is 713. The monoisotopic (exact) mass is 283 g/mol. The number of hydrogen-bond acceptors (Lipinski definition) is 4. The molecule has 0 saturated carbocycles. The van der Waals surface area contributed by atoms with Crippen LogP contribution in [-0.2, 0) is 0 Å². The summed E-state index contributed by atoms with van der Waals surface area (Å²) in [5, 5.41) is 0. The number of carbonyl (C=O) groups is 3. The van der Waals surface area contributed by atoms with Gasteiger partial charge in [-0.05, 0) is 19.1 Å². The van der Waals surface area contributed by atoms with E-state index < -0.39 is 0 Å². The molecule has 3 rings (SSSR count). The zero-order valence-electron chi connectivity index (χ0n) is 11.4. The van der Waals surface area contributed by atoms with E-state index in [1.54, 1.807) is 37.4 Å². The van der Waals surface area contributed by atoms with Gasteiger partial charge in [-0.2, -0.15) is 0 Å². The first-order chi connectivity index (χ1) is 10.1. The quantitative estimate of drug-likeness (QED) is 0.801. The number of fused-ring (bicyclic) bond motifs is 1. The van der Waals surface area contributed by atoms with Gasteiger partial charge in [0.25, 0.3) is 11.8 Å². The van der Waals surface area contributed by atoms with Gasteiger partial charge in [0.15, 0.2) is 0 Å². The van der Waals surface area contributed by atoms with Gasteiger partial charge in [0, 0.05) is 25.4 Å². The van der Waals surface area contributed by atoms with Crippen LogP contribution < -0.4 is 0 Å². The fourth-order valence-corrected chi connectivity index (χ4v) is 2.41. The van der Waals surface area contributed by atoms with Crippen molar-refractivity contribution in [1.82, 2.24) is 14.5 Å². The van der Waals surface area contributed by atoms with Gasteiger partial charge >= 0.3 is 0 Å². The van der Waals surface area contributed by atoms with E-state index in [2.05, 4.69) is 4.98 Å². The van der Waals surface area contributed by atoms with Crippen LogP contribution in [0.15, 0.2) is 36.7 Å². The van der Waals surface area contributed by atoms with Crippen molar-refractivity contribution >= 4 is 17.7 Å². The Morgan fingerprint density at radius 1 is 1.14 bits per heavy atom. The summed E-state index contributed by atoms with van der Waals surface area (Å²) in [6.45, 7) is 1.79. The average molecular weight is 283 g/mol. The van der Waals surface area contributed by atoms with Gasteiger partial charge in [0.05, 0.1) is 11.1 Å². The Morgan fingerprint density at radius 2 is 1.76 bits per heavy atom. The van der Waals surface area contributed by atoms with Gasteiger partial charge in [0.2, 0.25) is 5.91 Å². The predicted molar refractivity (Wildman–Crippen MR) is 74.0 cm³/mol. The molecule has 21 heavy (non-hydrogen) atoms. The minimum absolute atomic E-state index is 0.0721. The van der Waals surface area contributed by atoms with Crippen LogP contribution in [0, 0.1) is 6.92 Å². The second kappa shape index (κ2) is 4.97. The molecule has 0 N–H and O–H groups in total. The van der Waals surface area contributed by atoms with Crippen molar-refractivity contribution in [3.05, 3.63) is 53.6 Å². The van der Waals surface area contributed by atoms with Crippen molar-refractivity contribution in [2.75, 3.05) is 6.54 Å². The second-order valence-electron chi connectivity index (χ2n) is 4.80. The lowest BCUT2D eigenvalue weighted by Gasteiger charge is -2.13. The van der Waals surface area contributed by atoms with E-state index in [1.165, 1.54) is 10.8 Å². The van der Waals surface area contributed by atoms with E-state index in [0.717, 1.165) is 4.90 Å². The van der Waals surface area contributed by atoms with E-state index in [1.807, 2.05) is 0 Å². The van der Waals surface area contributed by atoms with Crippen LogP contribution >= 0.6 is 0 Å². The molecule has 0 spiro atoms. The Hall–Kier alpha value is -2.76. The van der Waals surface area contributed by atoms with E-state index in [4.69, 9.17) is 0 Å². The molecule has 106 valence electrons. The molecule has 0 aliphatic carbocycles. The van der Waals surface area contributed by atoms with Crippen LogP contribution in [0.2, 0.25) is 0 Å². The highest BCUT2D eigenvalue weighted by Gasteiger charge is 2.35. The summed E-state index contributed by atoms with van der Waals surface area (Å²) in [6.07, 6.45) is 3.18. The summed E-state index contributed by atoms with van der Waals surface area (Å²) in [4.78, 5) is 41.4. The first kappa shape index (κ1) is 13.2. The summed E-state index contributed by atoms with van der Waals surface area (Å²) < 4.78 is 1.41. The van der Waals surface area contributed by atoms with Crippen LogP contribution in [-0.4, -0.2) is 38.7 Å². The lowest BCUT2D eigenvalue weighted by molar-refractivity contribution is 0.0645. The zero-order valence-corrected chi connectivity index (χ0v) is 11.4. The summed E-state index contributed by atoms with van der Waals surface area (Å²) in [7, 11) is 0. The number of hydrogen-bond donors (Lipinski definition) is 0. The largest absolute Gasteiger partial charge is 0.274 e. The highest BCUT2D eigenvalue weighted by atomic mass is 16.2. The highest BCUT2D eigenvalue weighted by molar-refractivity contribution is 6.21. The molecule has 1 aliphatic rings. The summed E-state index contributed by atoms with van der Waals surface area (Å²) >= 11 is 0. The molecular formula is C15H13N3O3. The van der Waals surface area contributed by atoms with Crippen LogP contribution in [0.1, 0.15) is 37.8 Å². The first-order valence-electron chi connectivity index (χ1n) is 6.58. The van der Waals surface area contributed by atoms with Crippen molar-refractivity contribution in [2.45, 2.75) is 13.3 Å². The molecule has 0 radical (unpaired) electrons. The Labute approximate surface area is 121 Å². The number of aromatic nitrogens is 2. The van der Waals surface area contributed by atoms with Crippen molar-refractivity contribution in [3.63, 3.8) is 0 Å². The topological polar surface area (TPSA) is 72.3 Å². The van der Waals surface area contributed by atoms with E-state index in [-0.39, 0.29) is 30.7 Å². The Balaban J connectivity index is 1.73. The van der Waals surface area contributed by atoms with Crippen LogP contribution in [0.5, 0.6) is 0 Å². The molecule has 2 amide bonds. The van der Waals surface area contributed by atoms with Crippen LogP contribution in [0.4, 0.5) is 0 Å². The summed E-state index contributed by atoms with van der Waals surface area (Å²) in [5.41, 5.74) is 0.794. The van der Waals surface area contributed by atoms with Gasteiger partial charge in [-0.3, -0.25) is 23.9 Å². The van der Waals surface area contributed by atoms with Crippen LogP contribution in [0.3, 0.4) is 0 Å². The molecule has 0 saturated heterocycles. The predicted octanol–water partition coefficient (Wildman–Crippen LogP) is 1.52. The maximum Gasteiger partial charge on any atom is 0.261 e. The molecule has 0 unspecified atom stereocenters. The third-order valence-corrected chi connectivity index (χ3v) is 3.52. The molecular weight excluding hydrogens is 270 g/mol. The molecule has 6 nitrogen and oxygen atoms in total. The van der Waals surface area contributed by atoms with Gasteiger partial charge in [-0.15, -0.1) is 0 Å². The number of aryl methyl sites for hydroxylation is 1. The minimum Gasteiger partial charge on any atom is -0.274 e. The smallest absolute Gasteiger partial charge is 0.261 e. The lowest BCUT2D eigenvalue weighted by atomic mass is 10.1. The number of benzene rings is 1. The van der Waals surface area contributed by atoms with Crippen LogP contribution in [0.25, 0.3) is 0 Å². The van der Waals surface area contributed by atoms with E-state index in [9.17, 15) is 14.4 Å². The third-order valence-electron chi connectivity index (χ3n) is 3.52. The number of amides is 2. The lowest BCUT2D eigenvalue weighted by Crippen LogP contribution is -2.32. The molecule has 2 aromatic rings. The number of imidazole rings is 1. The highest BCUT2D eigenvalue weighted by Crippen LogP contribution is 2.22. The molecule has 0 fully saturated rings. The average Bonchev–Trinajstić information content (AvgIpc) is 3.01. The normalized spacial score (nSPS) is 13.7. The van der Waals surface area contributed by atoms with Crippen molar-refractivity contribution in [2.24, 2.45) is 0 Å². The number of rotatable bonds is 3. The van der Waals surface area contributed by atoms with E-state index >= 15 is 0 Å². The minimum atomic E-state index is -0.342. The number of imide groups is 1. The zero-order chi connectivity index (χ0) is 15.0. The fraction of sp³-hybridized carbons (Fsp3) is 0.200. The molecule has 0 atom stereocenters. The number of nitrogens with zero attached hydrogens (tertiary/aromatic N) is 3. The maximum atomic E-state index is 12.1. The molecule has 6 heteroatoms. The fourth-order valence-electron chi connectivity index (χ4n) is 2.41. The SMILES string of the molecule is Cc1nccn1C(=O)CCN1C(=O)c2ccccc2C1=O. The van der Waals surface area contributed by atoms with Crippen molar-refractivity contribution in [1.29, 1.82) is 0 Å². The van der Waals surface area contributed by atoms with Gasteiger partial charge in [-0.1, -0.05) is 12.1 Å². The van der Waals surface area contributed by atoms with Gasteiger partial charge in [-0.25, -0.2) is 4.98 Å². The van der Waals surface area contributed by atoms with E-state index in [0.29, 0.717) is 17.0 Å². The molecule has 1 aromatic heterocycles. The first-order valence-corrected chi connectivity index (χ1v) is 6.58.